The van der Waals surface area contributed by atoms with E-state index in [0.29, 0.717) is 6.42 Å². The quantitative estimate of drug-likeness (QED) is 0.562. The van der Waals surface area contributed by atoms with E-state index < -0.39 is 6.08 Å². The van der Waals surface area contributed by atoms with Gasteiger partial charge in [0.25, 0.3) is 6.08 Å². The third-order valence-corrected chi connectivity index (χ3v) is 3.10. The molecule has 0 unspecified atom stereocenters. The van der Waals surface area contributed by atoms with Gasteiger partial charge in [0.2, 0.25) is 0 Å². The van der Waals surface area contributed by atoms with Crippen LogP contribution in [-0.2, 0) is 16.1 Å². The van der Waals surface area contributed by atoms with E-state index >= 15 is 0 Å². The number of hydrogen-bond donors (Lipinski definition) is 0. The molecule has 4 heteroatoms. The molecule has 0 aliphatic rings. The first-order valence-corrected chi connectivity index (χ1v) is 6.79. The number of carbonyl (C=O) groups is 1. The number of ether oxygens (including phenoxy) is 1. The van der Waals surface area contributed by atoms with Crippen molar-refractivity contribution in [2.45, 2.75) is 25.9 Å². The first kappa shape index (κ1) is 15.2. The standard InChI is InChI=1S/C17H16F2O2/c18-16(19)7-3-4-8-17(20)21-12-13-9-10-14-5-1-2-6-15(14)11-13/h1-2,5-7,9-11H,3-4,8,12H2. The molecule has 0 saturated heterocycles. The van der Waals surface area contributed by atoms with E-state index in [9.17, 15) is 13.6 Å². The van der Waals surface area contributed by atoms with Crippen molar-refractivity contribution in [3.63, 3.8) is 0 Å². The van der Waals surface area contributed by atoms with Gasteiger partial charge in [0.1, 0.15) is 6.61 Å². The van der Waals surface area contributed by atoms with Crippen LogP contribution in [0.5, 0.6) is 0 Å². The molecule has 0 atom stereocenters. The number of allylic oxidation sites excluding steroid dienone is 1. The van der Waals surface area contributed by atoms with Gasteiger partial charge in [0.05, 0.1) is 0 Å². The molecule has 2 nitrogen and oxygen atoms in total. The number of rotatable bonds is 6. The van der Waals surface area contributed by atoms with Crippen molar-refractivity contribution in [3.05, 3.63) is 60.2 Å². The molecule has 0 fully saturated rings. The first-order chi connectivity index (χ1) is 10.1. The first-order valence-electron chi connectivity index (χ1n) is 6.79. The maximum Gasteiger partial charge on any atom is 0.306 e. The average Bonchev–Trinajstić information content (AvgIpc) is 2.49. The number of esters is 1. The van der Waals surface area contributed by atoms with Crippen molar-refractivity contribution in [1.29, 1.82) is 0 Å². The fourth-order valence-corrected chi connectivity index (χ4v) is 2.02. The fourth-order valence-electron chi connectivity index (χ4n) is 2.02. The Morgan fingerprint density at radius 3 is 2.62 bits per heavy atom. The van der Waals surface area contributed by atoms with Gasteiger partial charge >= 0.3 is 5.97 Å². The minimum atomic E-state index is -1.71. The summed E-state index contributed by atoms with van der Waals surface area (Å²) in [6.07, 6.45) is -0.186. The van der Waals surface area contributed by atoms with Crippen LogP contribution in [0.2, 0.25) is 0 Å². The Kier molecular flexibility index (Phi) is 5.43. The van der Waals surface area contributed by atoms with Gasteiger partial charge in [-0.1, -0.05) is 36.4 Å². The third kappa shape index (κ3) is 4.99. The summed E-state index contributed by atoms with van der Waals surface area (Å²) in [4.78, 5) is 11.5. The molecule has 0 spiro atoms. The lowest BCUT2D eigenvalue weighted by Crippen LogP contribution is -2.04. The van der Waals surface area contributed by atoms with Crippen molar-refractivity contribution < 1.29 is 18.3 Å². The molecule has 0 heterocycles. The average molecular weight is 290 g/mol. The number of fused-ring (bicyclic) bond motifs is 1. The van der Waals surface area contributed by atoms with Gasteiger partial charge in [-0.25, -0.2) is 0 Å². The highest BCUT2D eigenvalue weighted by Gasteiger charge is 2.04. The maximum absolute atomic E-state index is 11.8. The van der Waals surface area contributed by atoms with E-state index in [1.165, 1.54) is 0 Å². The lowest BCUT2D eigenvalue weighted by atomic mass is 10.1. The predicted octanol–water partition coefficient (Wildman–Crippen LogP) is 4.83. The summed E-state index contributed by atoms with van der Waals surface area (Å²) in [6.45, 7) is 0.205. The van der Waals surface area contributed by atoms with Crippen molar-refractivity contribution >= 4 is 16.7 Å². The summed E-state index contributed by atoms with van der Waals surface area (Å²) in [7, 11) is 0. The molecule has 0 radical (unpaired) electrons. The van der Waals surface area contributed by atoms with Crippen molar-refractivity contribution in [3.8, 4) is 0 Å². The summed E-state index contributed by atoms with van der Waals surface area (Å²) in [6, 6.07) is 13.8. The highest BCUT2D eigenvalue weighted by atomic mass is 19.3. The lowest BCUT2D eigenvalue weighted by Gasteiger charge is -2.06. The molecule has 0 N–H and O–H groups in total. The second-order valence-electron chi connectivity index (χ2n) is 4.73. The van der Waals surface area contributed by atoms with Gasteiger partial charge in [-0.05, 0) is 41.3 Å². The Bertz CT molecular complexity index is 646. The molecule has 2 rings (SSSR count). The molecule has 2 aromatic carbocycles. The van der Waals surface area contributed by atoms with Crippen LogP contribution in [0.1, 0.15) is 24.8 Å². The Balaban J connectivity index is 1.81. The summed E-state index contributed by atoms with van der Waals surface area (Å²) >= 11 is 0. The summed E-state index contributed by atoms with van der Waals surface area (Å²) in [5.41, 5.74) is 0.914. The van der Waals surface area contributed by atoms with Crippen molar-refractivity contribution in [2.75, 3.05) is 0 Å². The molecule has 0 amide bonds. The second-order valence-corrected chi connectivity index (χ2v) is 4.73. The summed E-state index contributed by atoms with van der Waals surface area (Å²) < 4.78 is 28.7. The minimum Gasteiger partial charge on any atom is -0.461 e. The van der Waals surface area contributed by atoms with Crippen LogP contribution in [0.25, 0.3) is 10.8 Å². The summed E-state index contributed by atoms with van der Waals surface area (Å²) in [5.74, 6) is -0.365. The molecule has 0 aliphatic heterocycles. The molecule has 110 valence electrons. The lowest BCUT2D eigenvalue weighted by molar-refractivity contribution is -0.145. The van der Waals surface area contributed by atoms with Gasteiger partial charge in [-0.3, -0.25) is 4.79 Å². The molecular weight excluding hydrogens is 274 g/mol. The SMILES string of the molecule is O=C(CCCC=C(F)F)OCc1ccc2ccccc2c1. The molecule has 0 aromatic heterocycles. The number of unbranched alkanes of at least 4 members (excludes halogenated alkanes) is 1. The van der Waals surface area contributed by atoms with Crippen LogP contribution < -0.4 is 0 Å². The normalized spacial score (nSPS) is 10.4. The van der Waals surface area contributed by atoms with Crippen LogP contribution in [0.15, 0.2) is 54.6 Å². The van der Waals surface area contributed by atoms with E-state index in [0.717, 1.165) is 22.4 Å². The third-order valence-electron chi connectivity index (χ3n) is 3.10. The zero-order chi connectivity index (χ0) is 15.1. The Hall–Kier alpha value is -2.23. The molecular formula is C17H16F2O2. The van der Waals surface area contributed by atoms with Crippen LogP contribution >= 0.6 is 0 Å². The number of halogens is 2. The maximum atomic E-state index is 11.8. The van der Waals surface area contributed by atoms with Crippen LogP contribution in [0, 0.1) is 0 Å². The van der Waals surface area contributed by atoms with Gasteiger partial charge in [-0.15, -0.1) is 0 Å². The smallest absolute Gasteiger partial charge is 0.306 e. The minimum absolute atomic E-state index is 0.150. The van der Waals surface area contributed by atoms with Gasteiger partial charge in [-0.2, -0.15) is 8.78 Å². The van der Waals surface area contributed by atoms with E-state index in [1.54, 1.807) is 0 Å². The molecule has 21 heavy (non-hydrogen) atoms. The Morgan fingerprint density at radius 2 is 1.86 bits per heavy atom. The number of hydrogen-bond acceptors (Lipinski definition) is 2. The Morgan fingerprint density at radius 1 is 1.10 bits per heavy atom. The zero-order valence-corrected chi connectivity index (χ0v) is 11.5. The van der Waals surface area contributed by atoms with Crippen LogP contribution in [0.3, 0.4) is 0 Å². The summed E-state index contributed by atoms with van der Waals surface area (Å²) in [5, 5.41) is 2.22. The van der Waals surface area contributed by atoms with E-state index in [2.05, 4.69) is 0 Å². The second kappa shape index (κ2) is 7.53. The van der Waals surface area contributed by atoms with Crippen LogP contribution in [-0.4, -0.2) is 5.97 Å². The van der Waals surface area contributed by atoms with E-state index in [-0.39, 0.29) is 25.4 Å². The highest BCUT2D eigenvalue weighted by molar-refractivity contribution is 5.83. The van der Waals surface area contributed by atoms with Gasteiger partial charge in [0, 0.05) is 6.42 Å². The largest absolute Gasteiger partial charge is 0.461 e. The monoisotopic (exact) mass is 290 g/mol. The fraction of sp³-hybridized carbons (Fsp3) is 0.235. The molecule has 2 aromatic rings. The van der Waals surface area contributed by atoms with Crippen molar-refractivity contribution in [1.82, 2.24) is 0 Å². The van der Waals surface area contributed by atoms with Crippen molar-refractivity contribution in [2.24, 2.45) is 0 Å². The predicted molar refractivity (Wildman–Crippen MR) is 77.9 cm³/mol. The van der Waals surface area contributed by atoms with Gasteiger partial charge < -0.3 is 4.74 Å². The zero-order valence-electron chi connectivity index (χ0n) is 11.5. The molecule has 0 saturated carbocycles. The Labute approximate surface area is 122 Å². The molecule has 0 bridgehead atoms. The number of carbonyl (C=O) groups excluding carboxylic acids is 1. The number of benzene rings is 2. The highest BCUT2D eigenvalue weighted by Crippen LogP contribution is 2.16. The topological polar surface area (TPSA) is 26.3 Å². The van der Waals surface area contributed by atoms with Gasteiger partial charge in [0.15, 0.2) is 0 Å². The molecule has 0 aliphatic carbocycles. The van der Waals surface area contributed by atoms with Crippen LogP contribution in [0.4, 0.5) is 8.78 Å². The van der Waals surface area contributed by atoms with E-state index in [1.807, 2.05) is 42.5 Å². The van der Waals surface area contributed by atoms with E-state index in [4.69, 9.17) is 4.74 Å².